The number of esters is 1. The summed E-state index contributed by atoms with van der Waals surface area (Å²) >= 11 is 5.66. The number of carbonyl (C=O) groups excluding carboxylic acids is 1. The number of thiocarbonyl (C=S) groups is 1. The van der Waals surface area contributed by atoms with Gasteiger partial charge in [-0.05, 0) is 144 Å². The number of hydrogen-bond acceptors (Lipinski definition) is 17. The molecule has 416 valence electrons. The highest BCUT2D eigenvalue weighted by molar-refractivity contribution is 7.80. The lowest BCUT2D eigenvalue weighted by molar-refractivity contribution is -0.318. The number of likely N-dealkylation sites (N-methyl/N-ethyl adjacent to an activating group) is 1. The maximum Gasteiger partial charge on any atom is 0.311 e. The number of carboxylic acid groups (broad SMARTS) is 1. The lowest BCUT2D eigenvalue weighted by atomic mass is 9.77. The van der Waals surface area contributed by atoms with Gasteiger partial charge in [0.15, 0.2) is 17.7 Å². The van der Waals surface area contributed by atoms with Crippen LogP contribution in [0.1, 0.15) is 115 Å². The Hall–Kier alpha value is -2.83. The summed E-state index contributed by atoms with van der Waals surface area (Å²) in [6, 6.07) is 7.20. The highest BCUT2D eigenvalue weighted by Gasteiger charge is 2.53. The van der Waals surface area contributed by atoms with Gasteiger partial charge in [0, 0.05) is 75.6 Å². The van der Waals surface area contributed by atoms with Crippen molar-refractivity contribution < 1.29 is 68.6 Å². The number of rotatable bonds is 15. The van der Waals surface area contributed by atoms with Gasteiger partial charge >= 0.3 is 5.97 Å². The van der Waals surface area contributed by atoms with Crippen LogP contribution in [-0.2, 0) is 38.0 Å². The first-order valence-electron chi connectivity index (χ1n) is 25.9. The molecule has 0 aliphatic carbocycles. The third-order valence-electron chi connectivity index (χ3n) is 15.2. The molecule has 1 aromatic rings. The number of methoxy groups -OCH3 is 1. The zero-order chi connectivity index (χ0) is 54.5. The van der Waals surface area contributed by atoms with Gasteiger partial charge in [-0.2, -0.15) is 0 Å². The number of aliphatic hydroxyl groups is 5. The van der Waals surface area contributed by atoms with E-state index in [2.05, 4.69) is 46.4 Å². The van der Waals surface area contributed by atoms with E-state index in [-0.39, 0.29) is 43.8 Å². The van der Waals surface area contributed by atoms with Crippen LogP contribution in [0.2, 0.25) is 0 Å². The van der Waals surface area contributed by atoms with E-state index in [1.807, 2.05) is 58.8 Å². The van der Waals surface area contributed by atoms with Gasteiger partial charge in [0.1, 0.15) is 30.0 Å². The molecule has 0 spiro atoms. The molecule has 18 atom stereocenters. The number of anilines is 2. The Bertz CT molecular complexity index is 1800. The van der Waals surface area contributed by atoms with Crippen LogP contribution in [-0.4, -0.2) is 202 Å². The van der Waals surface area contributed by atoms with Gasteiger partial charge in [-0.1, -0.05) is 20.8 Å². The van der Waals surface area contributed by atoms with Crippen molar-refractivity contribution in [1.82, 2.24) is 15.1 Å². The standard InChI is InChI=1S/C51H91N5O12S.CH2O2/c1-16-39-51(12,62)43(58)34(8)56(25-19-24-52-48(69)53-36-20-22-37(23-21-36)55(17-2)18-3)29-30(4)27-49(10,61)45(68-47-41(57)38(54(13)14)26-31(5)64-47)32(6)42(33(7)46(60)66-39)67-40-28-50(11,63-15)44(59)35(9)65-40;2-1-3/h20-23,30-35,38-45,47,57-59,61-62H,16-19,24-29H2,1-15H3,(H2,52,53,69);1H,(H,2,3)/t30-,31-,32+,33-,34-,35+,38+,39-,40+,41-,42+,43-,44+,45-,47+,49-,50-,51-;/m1./s1. The van der Waals surface area contributed by atoms with Gasteiger partial charge in [0.25, 0.3) is 6.47 Å². The first-order valence-corrected chi connectivity index (χ1v) is 26.3. The van der Waals surface area contributed by atoms with Crippen molar-refractivity contribution in [3.63, 3.8) is 0 Å². The van der Waals surface area contributed by atoms with E-state index < -0.39 is 96.0 Å². The van der Waals surface area contributed by atoms with Crippen molar-refractivity contribution in [2.75, 3.05) is 64.1 Å². The van der Waals surface area contributed by atoms with Crippen LogP contribution in [0.4, 0.5) is 11.4 Å². The van der Waals surface area contributed by atoms with Crippen molar-refractivity contribution in [3.05, 3.63) is 24.3 Å². The van der Waals surface area contributed by atoms with Crippen molar-refractivity contribution in [3.8, 4) is 0 Å². The third-order valence-corrected chi connectivity index (χ3v) is 15.4. The molecule has 8 N–H and O–H groups in total. The van der Waals surface area contributed by atoms with Gasteiger partial charge in [0.2, 0.25) is 0 Å². The van der Waals surface area contributed by atoms with Crippen molar-refractivity contribution in [1.29, 1.82) is 0 Å². The summed E-state index contributed by atoms with van der Waals surface area (Å²) in [7, 11) is 5.29. The number of benzene rings is 1. The molecule has 19 nitrogen and oxygen atoms in total. The van der Waals surface area contributed by atoms with E-state index in [4.69, 9.17) is 50.5 Å². The predicted octanol–water partition coefficient (Wildman–Crippen LogP) is 4.19. The van der Waals surface area contributed by atoms with Crippen LogP contribution in [0.3, 0.4) is 0 Å². The fraction of sp³-hybridized carbons (Fsp3) is 0.827. The monoisotopic (exact) mass is 1040 g/mol. The van der Waals surface area contributed by atoms with E-state index in [1.54, 1.807) is 34.6 Å². The fourth-order valence-corrected chi connectivity index (χ4v) is 11.1. The highest BCUT2D eigenvalue weighted by Crippen LogP contribution is 2.40. The number of hydrogen-bond donors (Lipinski definition) is 8. The second kappa shape index (κ2) is 28.3. The predicted molar refractivity (Wildman–Crippen MR) is 281 cm³/mol. The van der Waals surface area contributed by atoms with Crippen LogP contribution in [0.15, 0.2) is 24.3 Å². The SMILES string of the molecule is CC[C@H]1OC(=O)[C@H](C)[C@@H](O[C@H]2C[C@@](C)(OC)[C@@H](O)[C@H](C)O2)[C@H](C)[C@@H](O[C@@H]2O[C@H](C)C[C@H](N(C)C)[C@H]2O)[C@](C)(O)C[C@@H](C)CN(CCCNC(=S)Nc2ccc(N(CC)CC)cc2)[C@H](C)[C@@H](O)[C@]1(C)O.O=CO. The second-order valence-corrected chi connectivity index (χ2v) is 21.7. The molecule has 0 aromatic heterocycles. The Labute approximate surface area is 435 Å². The number of ether oxygens (including phenoxy) is 6. The molecule has 0 saturated carbocycles. The second-order valence-electron chi connectivity index (χ2n) is 21.3. The van der Waals surface area contributed by atoms with Gasteiger partial charge in [0.05, 0.1) is 41.5 Å². The number of carbonyl (C=O) groups is 2. The number of nitrogens with zero attached hydrogens (tertiary/aromatic N) is 3. The molecule has 20 heteroatoms. The largest absolute Gasteiger partial charge is 0.483 e. The zero-order valence-corrected chi connectivity index (χ0v) is 46.6. The van der Waals surface area contributed by atoms with Crippen molar-refractivity contribution >= 4 is 41.1 Å². The molecule has 3 heterocycles. The summed E-state index contributed by atoms with van der Waals surface area (Å²) in [6.07, 6.45) is -8.16. The quantitative estimate of drug-likeness (QED) is 0.0531. The Morgan fingerprint density at radius 1 is 0.944 bits per heavy atom. The minimum absolute atomic E-state index is 0.112. The third kappa shape index (κ3) is 16.6. The Morgan fingerprint density at radius 2 is 1.56 bits per heavy atom. The first kappa shape index (κ1) is 63.5. The minimum atomic E-state index is -1.89. The zero-order valence-electron chi connectivity index (χ0n) is 45.8. The molecule has 0 bridgehead atoms. The first-order chi connectivity index (χ1) is 33.7. The highest BCUT2D eigenvalue weighted by atomic mass is 32.1. The summed E-state index contributed by atoms with van der Waals surface area (Å²) in [5.74, 6) is -2.78. The van der Waals surface area contributed by atoms with Crippen molar-refractivity contribution in [2.24, 2.45) is 17.8 Å². The van der Waals surface area contributed by atoms with Gasteiger partial charge in [-0.3, -0.25) is 14.5 Å². The smallest absolute Gasteiger partial charge is 0.311 e. The normalized spacial score (nSPS) is 38.6. The average Bonchev–Trinajstić information content (AvgIpc) is 3.32. The number of nitrogens with one attached hydrogen (secondary N) is 2. The molecule has 1 aromatic carbocycles. The Kier molecular flexibility index (Phi) is 25.0. The summed E-state index contributed by atoms with van der Waals surface area (Å²) in [6.45, 7) is 25.0. The van der Waals surface area contributed by atoms with Gasteiger partial charge < -0.3 is 79.5 Å². The van der Waals surface area contributed by atoms with Crippen molar-refractivity contribution in [2.45, 2.75) is 205 Å². The van der Waals surface area contributed by atoms with Crippen LogP contribution in [0.25, 0.3) is 0 Å². The van der Waals surface area contributed by atoms with Crippen LogP contribution in [0.5, 0.6) is 0 Å². The molecule has 3 fully saturated rings. The van der Waals surface area contributed by atoms with Gasteiger partial charge in [-0.25, -0.2) is 0 Å². The average molecular weight is 1040 g/mol. The Morgan fingerprint density at radius 3 is 2.11 bits per heavy atom. The van der Waals surface area contributed by atoms with E-state index in [0.29, 0.717) is 37.6 Å². The molecule has 3 saturated heterocycles. The molecule has 3 aliphatic rings. The molecule has 4 rings (SSSR count). The van der Waals surface area contributed by atoms with Gasteiger partial charge in [-0.15, -0.1) is 0 Å². The van der Waals surface area contributed by atoms with E-state index in [9.17, 15) is 30.3 Å². The summed E-state index contributed by atoms with van der Waals surface area (Å²) in [5.41, 5.74) is -2.56. The lowest BCUT2D eigenvalue weighted by Gasteiger charge is -2.48. The molecule has 72 heavy (non-hydrogen) atoms. The molecule has 3 aliphatic heterocycles. The molecule has 0 amide bonds. The maximum atomic E-state index is 14.6. The molecular weight excluding hydrogens is 951 g/mol. The fourth-order valence-electron chi connectivity index (χ4n) is 10.9. The minimum Gasteiger partial charge on any atom is -0.483 e. The maximum absolute atomic E-state index is 14.6. The molecule has 0 unspecified atom stereocenters. The van der Waals surface area contributed by atoms with E-state index in [0.717, 1.165) is 24.5 Å². The summed E-state index contributed by atoms with van der Waals surface area (Å²) in [5, 5.41) is 74.1. The van der Waals surface area contributed by atoms with Crippen LogP contribution in [0, 0.1) is 17.8 Å². The number of aliphatic hydroxyl groups excluding tert-OH is 3. The van der Waals surface area contributed by atoms with Crippen LogP contribution < -0.4 is 15.5 Å². The lowest BCUT2D eigenvalue weighted by Crippen LogP contribution is -2.60. The summed E-state index contributed by atoms with van der Waals surface area (Å²) < 4.78 is 38.2. The van der Waals surface area contributed by atoms with E-state index in [1.165, 1.54) is 14.0 Å². The van der Waals surface area contributed by atoms with Crippen LogP contribution >= 0.6 is 12.2 Å². The van der Waals surface area contributed by atoms with E-state index >= 15 is 0 Å². The Balaban J connectivity index is 0.00000445. The molecular formula is C52H93N5O14S. The summed E-state index contributed by atoms with van der Waals surface area (Å²) in [4.78, 5) is 29.2. The molecule has 0 radical (unpaired) electrons. The topological polar surface area (TPSA) is 245 Å². The number of cyclic esters (lactones) is 1.